The number of aromatic nitrogens is 2. The maximum absolute atomic E-state index is 10.4. The average Bonchev–Trinajstić information content (AvgIpc) is 2.68. The standard InChI is InChI=1S/C11H13N3O2/c12-7(11(15)16)5-6-10-13-8-3-1-2-4-9(8)14-10/h1-4,7H,5-6,12H2,(H,13,14)(H,15,16)/p-1. The summed E-state index contributed by atoms with van der Waals surface area (Å²) < 4.78 is 0. The van der Waals surface area contributed by atoms with Gasteiger partial charge in [-0.05, 0) is 18.6 Å². The number of nitrogens with one attached hydrogen (secondary N) is 1. The van der Waals surface area contributed by atoms with Gasteiger partial charge in [-0.3, -0.25) is 0 Å². The summed E-state index contributed by atoms with van der Waals surface area (Å²) in [5.74, 6) is -0.478. The summed E-state index contributed by atoms with van der Waals surface area (Å²) in [6.45, 7) is 0. The molecule has 0 spiro atoms. The van der Waals surface area contributed by atoms with Crippen LogP contribution in [0.5, 0.6) is 0 Å². The smallest absolute Gasteiger partial charge is 0.107 e. The maximum atomic E-state index is 10.4. The largest absolute Gasteiger partial charge is 0.548 e. The lowest BCUT2D eigenvalue weighted by Crippen LogP contribution is -2.42. The fourth-order valence-electron chi connectivity index (χ4n) is 1.53. The monoisotopic (exact) mass is 218 g/mol. The number of carbonyl (C=O) groups excluding carboxylic acids is 1. The van der Waals surface area contributed by atoms with E-state index in [1.807, 2.05) is 24.3 Å². The van der Waals surface area contributed by atoms with E-state index < -0.39 is 12.0 Å². The topological polar surface area (TPSA) is 94.8 Å². The molecular formula is C11H12N3O2-. The number of fused-ring (bicyclic) bond motifs is 1. The van der Waals surface area contributed by atoms with Crippen molar-refractivity contribution in [2.45, 2.75) is 18.9 Å². The molecular weight excluding hydrogens is 206 g/mol. The highest BCUT2D eigenvalue weighted by Gasteiger charge is 2.06. The zero-order valence-corrected chi connectivity index (χ0v) is 8.64. The second-order valence-corrected chi connectivity index (χ2v) is 3.66. The number of nitrogens with zero attached hydrogens (tertiary/aromatic N) is 1. The van der Waals surface area contributed by atoms with Crippen LogP contribution in [0.1, 0.15) is 12.2 Å². The molecule has 0 aliphatic carbocycles. The fraction of sp³-hybridized carbons (Fsp3) is 0.273. The lowest BCUT2D eigenvalue weighted by molar-refractivity contribution is -0.307. The number of hydrogen-bond acceptors (Lipinski definition) is 4. The van der Waals surface area contributed by atoms with Crippen LogP contribution in [0, 0.1) is 0 Å². The second kappa shape index (κ2) is 4.32. The second-order valence-electron chi connectivity index (χ2n) is 3.66. The van der Waals surface area contributed by atoms with Crippen LogP contribution in [0.15, 0.2) is 24.3 Å². The molecule has 0 saturated carbocycles. The molecule has 2 rings (SSSR count). The molecule has 0 aliphatic heterocycles. The first kappa shape index (κ1) is 10.6. The van der Waals surface area contributed by atoms with Crippen LogP contribution in [-0.4, -0.2) is 22.0 Å². The Morgan fingerprint density at radius 1 is 1.50 bits per heavy atom. The molecule has 0 bridgehead atoms. The molecule has 84 valence electrons. The van der Waals surface area contributed by atoms with E-state index in [2.05, 4.69) is 9.97 Å². The molecule has 1 aromatic carbocycles. The number of aryl methyl sites for hydroxylation is 1. The Bertz CT molecular complexity index is 474. The number of hydrogen-bond donors (Lipinski definition) is 2. The Morgan fingerprint density at radius 3 is 2.94 bits per heavy atom. The number of imidazole rings is 1. The summed E-state index contributed by atoms with van der Waals surface area (Å²) in [7, 11) is 0. The van der Waals surface area contributed by atoms with Gasteiger partial charge in [-0.25, -0.2) is 4.98 Å². The van der Waals surface area contributed by atoms with Crippen molar-refractivity contribution in [3.8, 4) is 0 Å². The molecule has 0 amide bonds. The van der Waals surface area contributed by atoms with Crippen molar-refractivity contribution < 1.29 is 9.90 Å². The Kier molecular flexibility index (Phi) is 2.87. The molecule has 0 radical (unpaired) electrons. The molecule has 16 heavy (non-hydrogen) atoms. The highest BCUT2D eigenvalue weighted by atomic mass is 16.4. The maximum Gasteiger partial charge on any atom is 0.107 e. The third-order valence-corrected chi connectivity index (χ3v) is 2.43. The van der Waals surface area contributed by atoms with E-state index in [0.717, 1.165) is 16.9 Å². The van der Waals surface area contributed by atoms with Gasteiger partial charge in [-0.1, -0.05) is 12.1 Å². The Morgan fingerprint density at radius 2 is 2.25 bits per heavy atom. The third kappa shape index (κ3) is 2.20. The molecule has 0 aliphatic rings. The molecule has 1 atom stereocenters. The van der Waals surface area contributed by atoms with Crippen LogP contribution in [0.3, 0.4) is 0 Å². The number of para-hydroxylation sites is 2. The lowest BCUT2D eigenvalue weighted by atomic mass is 10.2. The van der Waals surface area contributed by atoms with Crippen molar-refractivity contribution in [3.05, 3.63) is 30.1 Å². The van der Waals surface area contributed by atoms with E-state index in [0.29, 0.717) is 12.8 Å². The normalized spacial score (nSPS) is 12.8. The minimum Gasteiger partial charge on any atom is -0.548 e. The van der Waals surface area contributed by atoms with Gasteiger partial charge in [0.25, 0.3) is 0 Å². The summed E-state index contributed by atoms with van der Waals surface area (Å²) in [6.07, 6.45) is 0.825. The Labute approximate surface area is 92.3 Å². The van der Waals surface area contributed by atoms with Gasteiger partial charge in [0.2, 0.25) is 0 Å². The van der Waals surface area contributed by atoms with Crippen molar-refractivity contribution in [2.75, 3.05) is 0 Å². The summed E-state index contributed by atoms with van der Waals surface area (Å²) in [5, 5.41) is 10.4. The van der Waals surface area contributed by atoms with Crippen LogP contribution in [0.2, 0.25) is 0 Å². The van der Waals surface area contributed by atoms with Gasteiger partial charge in [0.15, 0.2) is 0 Å². The molecule has 3 N–H and O–H groups in total. The van der Waals surface area contributed by atoms with Gasteiger partial charge in [0, 0.05) is 12.5 Å². The highest BCUT2D eigenvalue weighted by molar-refractivity contribution is 5.74. The van der Waals surface area contributed by atoms with Crippen LogP contribution >= 0.6 is 0 Å². The predicted molar refractivity (Wildman–Crippen MR) is 57.4 cm³/mol. The molecule has 0 saturated heterocycles. The van der Waals surface area contributed by atoms with Crippen molar-refractivity contribution in [2.24, 2.45) is 5.73 Å². The van der Waals surface area contributed by atoms with Gasteiger partial charge in [0.1, 0.15) is 5.82 Å². The van der Waals surface area contributed by atoms with Gasteiger partial charge in [-0.15, -0.1) is 0 Å². The van der Waals surface area contributed by atoms with Gasteiger partial charge < -0.3 is 20.6 Å². The predicted octanol–water partition coefficient (Wildman–Crippen LogP) is -0.427. The Hall–Kier alpha value is -1.88. The van der Waals surface area contributed by atoms with Gasteiger partial charge in [0.05, 0.1) is 17.0 Å². The summed E-state index contributed by atoms with van der Waals surface area (Å²) in [5.41, 5.74) is 7.17. The number of benzene rings is 1. The number of carboxylic acid groups (broad SMARTS) is 1. The summed E-state index contributed by atoms with van der Waals surface area (Å²) in [6, 6.07) is 6.70. The number of aliphatic carboxylic acids is 1. The SMILES string of the molecule is NC(CCc1nc2ccccc2[nH]1)C(=O)[O-]. The van der Waals surface area contributed by atoms with E-state index in [9.17, 15) is 9.90 Å². The number of rotatable bonds is 4. The number of carbonyl (C=O) groups is 1. The van der Waals surface area contributed by atoms with E-state index in [-0.39, 0.29) is 0 Å². The van der Waals surface area contributed by atoms with Crippen LogP contribution in [0.25, 0.3) is 11.0 Å². The number of aromatic amines is 1. The number of carboxylic acids is 1. The third-order valence-electron chi connectivity index (χ3n) is 2.43. The quantitative estimate of drug-likeness (QED) is 0.728. The van der Waals surface area contributed by atoms with Crippen LogP contribution in [-0.2, 0) is 11.2 Å². The van der Waals surface area contributed by atoms with Crippen LogP contribution < -0.4 is 10.8 Å². The first-order valence-corrected chi connectivity index (χ1v) is 5.07. The van der Waals surface area contributed by atoms with Crippen molar-refractivity contribution >= 4 is 17.0 Å². The highest BCUT2D eigenvalue weighted by Crippen LogP contribution is 2.11. The minimum absolute atomic E-state index is 0.322. The molecule has 2 aromatic rings. The summed E-state index contributed by atoms with van der Waals surface area (Å²) in [4.78, 5) is 17.9. The number of H-pyrrole nitrogens is 1. The van der Waals surface area contributed by atoms with Crippen molar-refractivity contribution in [3.63, 3.8) is 0 Å². The van der Waals surface area contributed by atoms with E-state index >= 15 is 0 Å². The first-order valence-electron chi connectivity index (χ1n) is 5.07. The molecule has 1 unspecified atom stereocenters. The lowest BCUT2D eigenvalue weighted by Gasteiger charge is -2.10. The van der Waals surface area contributed by atoms with E-state index in [1.54, 1.807) is 0 Å². The van der Waals surface area contributed by atoms with E-state index in [1.165, 1.54) is 0 Å². The summed E-state index contributed by atoms with van der Waals surface area (Å²) >= 11 is 0. The first-order chi connectivity index (χ1) is 7.66. The molecule has 1 aromatic heterocycles. The van der Waals surface area contributed by atoms with Gasteiger partial charge >= 0.3 is 0 Å². The van der Waals surface area contributed by atoms with E-state index in [4.69, 9.17) is 5.73 Å². The number of nitrogens with two attached hydrogens (primary N) is 1. The molecule has 0 fully saturated rings. The van der Waals surface area contributed by atoms with Crippen LogP contribution in [0.4, 0.5) is 0 Å². The van der Waals surface area contributed by atoms with Crippen molar-refractivity contribution in [1.82, 2.24) is 9.97 Å². The zero-order chi connectivity index (χ0) is 11.5. The van der Waals surface area contributed by atoms with Gasteiger partial charge in [-0.2, -0.15) is 0 Å². The Balaban J connectivity index is 2.07. The zero-order valence-electron chi connectivity index (χ0n) is 8.64. The van der Waals surface area contributed by atoms with Crippen molar-refractivity contribution in [1.29, 1.82) is 0 Å². The molecule has 5 nitrogen and oxygen atoms in total. The minimum atomic E-state index is -1.23. The molecule has 1 heterocycles. The fourth-order valence-corrected chi connectivity index (χ4v) is 1.53. The molecule has 5 heteroatoms. The average molecular weight is 218 g/mol.